The summed E-state index contributed by atoms with van der Waals surface area (Å²) in [6.45, 7) is 5.69. The summed E-state index contributed by atoms with van der Waals surface area (Å²) in [7, 11) is 3.26. The number of halogens is 1. The van der Waals surface area contributed by atoms with Crippen LogP contribution in [0, 0.1) is 13.8 Å². The first-order valence-electron chi connectivity index (χ1n) is 16.3. The Balaban J connectivity index is 0.000000261. The van der Waals surface area contributed by atoms with E-state index in [1.54, 1.807) is 27.9 Å². The van der Waals surface area contributed by atoms with Crippen LogP contribution in [-0.2, 0) is 38.5 Å². The number of fused-ring (bicyclic) bond motifs is 3. The molecule has 0 saturated carbocycles. The van der Waals surface area contributed by atoms with E-state index in [1.807, 2.05) is 0 Å². The molecule has 2 aliphatic heterocycles. The fraction of sp³-hybridized carbons (Fsp3) is 0.529. The second-order valence-electron chi connectivity index (χ2n) is 12.5. The molecule has 2 aromatic carbocycles. The van der Waals surface area contributed by atoms with E-state index in [2.05, 4.69) is 73.3 Å². The molecule has 0 aliphatic carbocycles. The monoisotopic (exact) mass is 709 g/mol. The van der Waals surface area contributed by atoms with Gasteiger partial charge in [-0.1, -0.05) is 52.3 Å². The zero-order valence-electron chi connectivity index (χ0n) is 27.6. The van der Waals surface area contributed by atoms with Crippen LogP contribution in [0.5, 0.6) is 0 Å². The van der Waals surface area contributed by atoms with Gasteiger partial charge < -0.3 is 4.74 Å². The summed E-state index contributed by atoms with van der Waals surface area (Å²) in [4.78, 5) is 57.7. The van der Waals surface area contributed by atoms with E-state index in [0.717, 1.165) is 42.1 Å². The van der Waals surface area contributed by atoms with Gasteiger partial charge in [-0.05, 0) is 74.8 Å². The first-order chi connectivity index (χ1) is 22.6. The maximum absolute atomic E-state index is 12.4. The van der Waals surface area contributed by atoms with Crippen molar-refractivity contribution in [3.05, 3.63) is 102 Å². The number of hydrogen-bond acceptors (Lipinski definition) is 8. The SMILES string of the molecule is Cc1nc(=O)n(CCCBr)c(=O)n1C.Cc1nc(=O)n(CCCN2C3CCC2CC(OCc2ccc4ccccc4c2)C3)c(=O)n1C. The molecule has 13 heteroatoms. The lowest BCUT2D eigenvalue weighted by molar-refractivity contribution is -0.0285. The van der Waals surface area contributed by atoms with E-state index in [4.69, 9.17) is 4.74 Å². The van der Waals surface area contributed by atoms with Gasteiger partial charge in [0.25, 0.3) is 0 Å². The van der Waals surface area contributed by atoms with Crippen molar-refractivity contribution in [2.75, 3.05) is 11.9 Å². The summed E-state index contributed by atoms with van der Waals surface area (Å²) in [6.07, 6.45) is 6.31. The Morgan fingerprint density at radius 2 is 1.32 bits per heavy atom. The molecule has 2 unspecified atom stereocenters. The van der Waals surface area contributed by atoms with Gasteiger partial charge >= 0.3 is 22.8 Å². The molecule has 2 fully saturated rings. The minimum Gasteiger partial charge on any atom is -0.373 e. The van der Waals surface area contributed by atoms with Gasteiger partial charge in [-0.25, -0.2) is 28.3 Å². The first kappa shape index (κ1) is 34.6. The zero-order chi connectivity index (χ0) is 33.7. The van der Waals surface area contributed by atoms with Gasteiger partial charge in [-0.2, -0.15) is 9.97 Å². The molecule has 0 N–H and O–H groups in total. The minimum absolute atomic E-state index is 0.281. The minimum atomic E-state index is -0.466. The van der Waals surface area contributed by atoms with Crippen molar-refractivity contribution in [2.24, 2.45) is 14.1 Å². The maximum Gasteiger partial charge on any atom is 0.353 e. The fourth-order valence-corrected chi connectivity index (χ4v) is 6.88. The molecule has 2 aliphatic rings. The molecule has 2 aromatic heterocycles. The van der Waals surface area contributed by atoms with Crippen LogP contribution in [0.4, 0.5) is 0 Å². The van der Waals surface area contributed by atoms with Crippen molar-refractivity contribution in [3.63, 3.8) is 0 Å². The number of aromatic nitrogens is 6. The summed E-state index contributed by atoms with van der Waals surface area (Å²) >= 11 is 3.24. The molecule has 4 heterocycles. The van der Waals surface area contributed by atoms with Crippen LogP contribution in [0.3, 0.4) is 0 Å². The molecule has 0 radical (unpaired) electrons. The quantitative estimate of drug-likeness (QED) is 0.230. The van der Waals surface area contributed by atoms with Gasteiger partial charge in [-0.15, -0.1) is 0 Å². The molecule has 2 atom stereocenters. The normalized spacial score (nSPS) is 19.1. The fourth-order valence-electron chi connectivity index (χ4n) is 6.63. The molecule has 2 bridgehead atoms. The molecule has 47 heavy (non-hydrogen) atoms. The van der Waals surface area contributed by atoms with Gasteiger partial charge in [0.1, 0.15) is 11.6 Å². The molecular weight excluding hydrogens is 666 g/mol. The van der Waals surface area contributed by atoms with Crippen LogP contribution in [-0.4, -0.2) is 63.2 Å². The highest BCUT2D eigenvalue weighted by atomic mass is 79.9. The largest absolute Gasteiger partial charge is 0.373 e. The molecular formula is C34H44BrN7O5. The topological polar surface area (TPSA) is 126 Å². The van der Waals surface area contributed by atoms with Crippen molar-refractivity contribution < 1.29 is 4.74 Å². The maximum atomic E-state index is 12.4. The smallest absolute Gasteiger partial charge is 0.353 e. The van der Waals surface area contributed by atoms with Crippen LogP contribution in [0.2, 0.25) is 0 Å². The highest BCUT2D eigenvalue weighted by molar-refractivity contribution is 9.09. The Morgan fingerprint density at radius 3 is 1.89 bits per heavy atom. The highest BCUT2D eigenvalue weighted by Gasteiger charge is 2.40. The van der Waals surface area contributed by atoms with Crippen molar-refractivity contribution in [1.29, 1.82) is 0 Å². The standard InChI is InChI=1S/C26H32N4O3.C8H12BrN3O2/c1-18-27-25(31)30(26(32)28(18)2)13-5-12-29-22-10-11-23(29)16-24(15-22)33-17-19-8-9-20-6-3-4-7-21(20)14-19;1-6-10-7(13)12(5-3-4-9)8(14)11(6)2/h3-4,6-9,14,22-24H,5,10-13,15-17H2,1-2H3;3-5H2,1-2H3. The number of hydrogen-bond donors (Lipinski definition) is 0. The first-order valence-corrected chi connectivity index (χ1v) is 17.4. The van der Waals surface area contributed by atoms with Crippen LogP contribution >= 0.6 is 15.9 Å². The average Bonchev–Trinajstić information content (AvgIpc) is 3.29. The van der Waals surface area contributed by atoms with E-state index >= 15 is 0 Å². The van der Waals surface area contributed by atoms with Gasteiger partial charge in [0.05, 0.1) is 12.7 Å². The van der Waals surface area contributed by atoms with Gasteiger partial charge in [0.15, 0.2) is 0 Å². The molecule has 0 amide bonds. The molecule has 252 valence electrons. The molecule has 0 spiro atoms. The number of rotatable bonds is 10. The van der Waals surface area contributed by atoms with Gasteiger partial charge in [0, 0.05) is 51.1 Å². The van der Waals surface area contributed by atoms with Gasteiger partial charge in [-0.3, -0.25) is 14.0 Å². The number of piperidine rings is 1. The third-order valence-corrected chi connectivity index (χ3v) is 10.00. The van der Waals surface area contributed by atoms with E-state index < -0.39 is 11.4 Å². The van der Waals surface area contributed by atoms with Crippen molar-refractivity contribution in [2.45, 2.75) is 90.3 Å². The number of ether oxygens (including phenoxy) is 1. The highest BCUT2D eigenvalue weighted by Crippen LogP contribution is 2.37. The Hall–Kier alpha value is -3.68. The van der Waals surface area contributed by atoms with E-state index in [0.29, 0.717) is 49.5 Å². The average molecular weight is 711 g/mol. The number of aryl methyl sites for hydroxylation is 2. The molecule has 2 saturated heterocycles. The molecule has 6 rings (SSSR count). The second kappa shape index (κ2) is 15.5. The van der Waals surface area contributed by atoms with Crippen LogP contribution < -0.4 is 22.8 Å². The van der Waals surface area contributed by atoms with Crippen LogP contribution in [0.25, 0.3) is 10.8 Å². The van der Waals surface area contributed by atoms with Gasteiger partial charge in [0.2, 0.25) is 0 Å². The van der Waals surface area contributed by atoms with E-state index in [1.165, 1.54) is 42.9 Å². The molecule has 4 aromatic rings. The van der Waals surface area contributed by atoms with Crippen LogP contribution in [0.1, 0.15) is 55.7 Å². The number of nitrogens with zero attached hydrogens (tertiary/aromatic N) is 7. The lowest BCUT2D eigenvalue weighted by Gasteiger charge is -2.39. The van der Waals surface area contributed by atoms with Crippen molar-refractivity contribution in [3.8, 4) is 0 Å². The lowest BCUT2D eigenvalue weighted by atomic mass is 9.99. The third kappa shape index (κ3) is 8.07. The zero-order valence-corrected chi connectivity index (χ0v) is 29.2. The van der Waals surface area contributed by atoms with E-state index in [-0.39, 0.29) is 11.4 Å². The second-order valence-corrected chi connectivity index (χ2v) is 13.3. The summed E-state index contributed by atoms with van der Waals surface area (Å²) in [5, 5.41) is 3.27. The predicted octanol–water partition coefficient (Wildman–Crippen LogP) is 3.04. The number of benzene rings is 2. The third-order valence-electron chi connectivity index (χ3n) is 9.44. The lowest BCUT2D eigenvalue weighted by Crippen LogP contribution is -2.46. The van der Waals surface area contributed by atoms with E-state index in [9.17, 15) is 19.2 Å². The number of alkyl halides is 1. The van der Waals surface area contributed by atoms with Crippen molar-refractivity contribution in [1.82, 2.24) is 33.1 Å². The summed E-state index contributed by atoms with van der Waals surface area (Å²) < 4.78 is 11.6. The summed E-state index contributed by atoms with van der Waals surface area (Å²) in [5.41, 5.74) is -0.271. The Bertz CT molecular complexity index is 1930. The Morgan fingerprint density at radius 1 is 0.766 bits per heavy atom. The molecule has 12 nitrogen and oxygen atoms in total. The Kier molecular flexibility index (Phi) is 11.4. The summed E-state index contributed by atoms with van der Waals surface area (Å²) in [6, 6.07) is 16.0. The van der Waals surface area contributed by atoms with Crippen LogP contribution in [0.15, 0.2) is 61.6 Å². The summed E-state index contributed by atoms with van der Waals surface area (Å²) in [5.74, 6) is 0.889. The predicted molar refractivity (Wildman–Crippen MR) is 185 cm³/mol. The Labute approximate surface area is 281 Å². The van der Waals surface area contributed by atoms with Crippen molar-refractivity contribution >= 4 is 26.7 Å².